The van der Waals surface area contributed by atoms with Crippen LogP contribution in [0.25, 0.3) is 5.65 Å². The minimum Gasteiger partial charge on any atom is -0.487 e. The minimum atomic E-state index is 0.432. The molecule has 4 heteroatoms. The number of hydrogen-bond donors (Lipinski definition) is 0. The molecule has 0 amide bonds. The number of aryl methyl sites for hydroxylation is 1. The molecule has 1 aromatic carbocycles. The van der Waals surface area contributed by atoms with Crippen molar-refractivity contribution in [2.24, 2.45) is 0 Å². The second-order valence-electron chi connectivity index (χ2n) is 4.42. The van der Waals surface area contributed by atoms with Crippen LogP contribution in [-0.2, 0) is 6.61 Å². The zero-order chi connectivity index (χ0) is 13.2. The molecule has 0 aliphatic carbocycles. The number of aromatic nitrogens is 2. The van der Waals surface area contributed by atoms with Gasteiger partial charge >= 0.3 is 0 Å². The van der Waals surface area contributed by atoms with E-state index in [1.54, 1.807) is 0 Å². The number of fused-ring (bicyclic) bond motifs is 1. The third-order valence-electron chi connectivity index (χ3n) is 2.89. The topological polar surface area (TPSA) is 26.5 Å². The van der Waals surface area contributed by atoms with E-state index in [-0.39, 0.29) is 0 Å². The molecule has 0 saturated heterocycles. The van der Waals surface area contributed by atoms with Crippen LogP contribution in [-0.4, -0.2) is 9.38 Å². The molecule has 0 spiro atoms. The summed E-state index contributed by atoms with van der Waals surface area (Å²) >= 11 is 6.08. The van der Waals surface area contributed by atoms with Crippen molar-refractivity contribution in [3.8, 4) is 5.75 Å². The minimum absolute atomic E-state index is 0.432. The van der Waals surface area contributed by atoms with Gasteiger partial charge < -0.3 is 9.14 Å². The first kappa shape index (κ1) is 12.1. The number of benzene rings is 1. The molecule has 0 aliphatic heterocycles. The van der Waals surface area contributed by atoms with Crippen LogP contribution in [0.4, 0.5) is 0 Å². The smallest absolute Gasteiger partial charge is 0.155 e. The molecule has 0 bridgehead atoms. The first-order valence-electron chi connectivity index (χ1n) is 6.04. The maximum Gasteiger partial charge on any atom is 0.155 e. The van der Waals surface area contributed by atoms with Gasteiger partial charge in [-0.3, -0.25) is 0 Å². The van der Waals surface area contributed by atoms with E-state index in [4.69, 9.17) is 16.3 Å². The number of halogens is 1. The van der Waals surface area contributed by atoms with Gasteiger partial charge in [0.1, 0.15) is 12.4 Å². The molecule has 2 aromatic heterocycles. The summed E-state index contributed by atoms with van der Waals surface area (Å²) in [5.41, 5.74) is 2.83. The fourth-order valence-corrected chi connectivity index (χ4v) is 2.10. The predicted molar refractivity (Wildman–Crippen MR) is 75.7 cm³/mol. The van der Waals surface area contributed by atoms with Gasteiger partial charge in [0.25, 0.3) is 0 Å². The maximum absolute atomic E-state index is 6.08. The standard InChI is InChI=1S/C15H13ClN2O/c1-11-4-6-13(7-5-11)19-10-12-9-18-8-2-3-14(16)15(18)17-12/h2-9H,10H2,1H3. The third-order valence-corrected chi connectivity index (χ3v) is 3.19. The predicted octanol–water partition coefficient (Wildman–Crippen LogP) is 3.88. The third kappa shape index (κ3) is 2.56. The second kappa shape index (κ2) is 4.94. The van der Waals surface area contributed by atoms with Crippen molar-refractivity contribution in [2.45, 2.75) is 13.5 Å². The van der Waals surface area contributed by atoms with Crippen LogP contribution in [0.5, 0.6) is 5.75 Å². The van der Waals surface area contributed by atoms with E-state index >= 15 is 0 Å². The Morgan fingerprint density at radius 2 is 2.00 bits per heavy atom. The summed E-state index contributed by atoms with van der Waals surface area (Å²) in [4.78, 5) is 4.45. The van der Waals surface area contributed by atoms with Crippen LogP contribution in [0.2, 0.25) is 5.02 Å². The lowest BCUT2D eigenvalue weighted by Gasteiger charge is -2.03. The quantitative estimate of drug-likeness (QED) is 0.723. The largest absolute Gasteiger partial charge is 0.487 e. The molecule has 3 rings (SSSR count). The van der Waals surface area contributed by atoms with Crippen molar-refractivity contribution in [3.05, 3.63) is 65.1 Å². The first-order chi connectivity index (χ1) is 9.22. The monoisotopic (exact) mass is 272 g/mol. The molecule has 0 saturated carbocycles. The number of rotatable bonds is 3. The Morgan fingerprint density at radius 1 is 1.21 bits per heavy atom. The van der Waals surface area contributed by atoms with Crippen molar-refractivity contribution in [1.82, 2.24) is 9.38 Å². The van der Waals surface area contributed by atoms with Crippen LogP contribution < -0.4 is 4.74 Å². The molecule has 0 atom stereocenters. The molecule has 0 N–H and O–H groups in total. The van der Waals surface area contributed by atoms with Gasteiger partial charge in [-0.15, -0.1) is 0 Å². The van der Waals surface area contributed by atoms with Gasteiger partial charge in [-0.25, -0.2) is 4.98 Å². The molecule has 2 heterocycles. The lowest BCUT2D eigenvalue weighted by molar-refractivity contribution is 0.302. The summed E-state index contributed by atoms with van der Waals surface area (Å²) in [6.45, 7) is 2.48. The Labute approximate surface area is 116 Å². The van der Waals surface area contributed by atoms with E-state index in [9.17, 15) is 0 Å². The van der Waals surface area contributed by atoms with Crippen molar-refractivity contribution >= 4 is 17.2 Å². The van der Waals surface area contributed by atoms with E-state index < -0.39 is 0 Å². The van der Waals surface area contributed by atoms with Crippen LogP contribution in [0.15, 0.2) is 48.8 Å². The van der Waals surface area contributed by atoms with Gasteiger partial charge in [-0.2, -0.15) is 0 Å². The van der Waals surface area contributed by atoms with E-state index in [1.165, 1.54) is 5.56 Å². The van der Waals surface area contributed by atoms with Crippen molar-refractivity contribution in [3.63, 3.8) is 0 Å². The SMILES string of the molecule is Cc1ccc(OCc2cn3cccc(Cl)c3n2)cc1. The Hall–Kier alpha value is -2.00. The summed E-state index contributed by atoms with van der Waals surface area (Å²) in [6, 6.07) is 11.7. The zero-order valence-electron chi connectivity index (χ0n) is 10.5. The van der Waals surface area contributed by atoms with Crippen molar-refractivity contribution in [1.29, 1.82) is 0 Å². The van der Waals surface area contributed by atoms with E-state index in [0.29, 0.717) is 11.6 Å². The lowest BCUT2D eigenvalue weighted by atomic mass is 10.2. The highest BCUT2D eigenvalue weighted by Crippen LogP contribution is 2.18. The normalized spacial score (nSPS) is 10.8. The van der Waals surface area contributed by atoms with Gasteiger partial charge in [-0.1, -0.05) is 29.3 Å². The van der Waals surface area contributed by atoms with E-state index in [0.717, 1.165) is 17.1 Å². The average molecular weight is 273 g/mol. The number of nitrogens with zero attached hydrogens (tertiary/aromatic N) is 2. The van der Waals surface area contributed by atoms with Crippen LogP contribution in [0.1, 0.15) is 11.3 Å². The highest BCUT2D eigenvalue weighted by atomic mass is 35.5. The molecule has 96 valence electrons. The fourth-order valence-electron chi connectivity index (χ4n) is 1.89. The van der Waals surface area contributed by atoms with Gasteiger partial charge in [0, 0.05) is 12.4 Å². The molecule has 0 aliphatic rings. The molecule has 3 nitrogen and oxygen atoms in total. The molecule has 19 heavy (non-hydrogen) atoms. The zero-order valence-corrected chi connectivity index (χ0v) is 11.3. The fraction of sp³-hybridized carbons (Fsp3) is 0.133. The van der Waals surface area contributed by atoms with E-state index in [1.807, 2.05) is 60.1 Å². The highest BCUT2D eigenvalue weighted by molar-refractivity contribution is 6.33. The highest BCUT2D eigenvalue weighted by Gasteiger charge is 2.05. The Kier molecular flexibility index (Phi) is 3.13. The number of hydrogen-bond acceptors (Lipinski definition) is 2. The lowest BCUT2D eigenvalue weighted by Crippen LogP contribution is -1.95. The van der Waals surface area contributed by atoms with Gasteiger partial charge in [0.15, 0.2) is 5.65 Å². The summed E-state index contributed by atoms with van der Waals surface area (Å²) in [7, 11) is 0. The summed E-state index contributed by atoms with van der Waals surface area (Å²) in [5, 5.41) is 0.643. The Morgan fingerprint density at radius 3 is 2.74 bits per heavy atom. The number of pyridine rings is 1. The number of imidazole rings is 1. The molecular formula is C15H13ClN2O. The van der Waals surface area contributed by atoms with Crippen molar-refractivity contribution < 1.29 is 4.74 Å². The second-order valence-corrected chi connectivity index (χ2v) is 4.83. The average Bonchev–Trinajstić information content (AvgIpc) is 2.83. The van der Waals surface area contributed by atoms with Crippen LogP contribution >= 0.6 is 11.6 Å². The van der Waals surface area contributed by atoms with E-state index in [2.05, 4.69) is 4.98 Å². The maximum atomic E-state index is 6.08. The Bertz CT molecular complexity index is 704. The van der Waals surface area contributed by atoms with Gasteiger partial charge in [0.05, 0.1) is 10.7 Å². The van der Waals surface area contributed by atoms with Gasteiger partial charge in [0.2, 0.25) is 0 Å². The van der Waals surface area contributed by atoms with Crippen molar-refractivity contribution in [2.75, 3.05) is 0 Å². The Balaban J connectivity index is 1.78. The summed E-state index contributed by atoms with van der Waals surface area (Å²) < 4.78 is 7.60. The molecular weight excluding hydrogens is 260 g/mol. The molecule has 0 fully saturated rings. The summed E-state index contributed by atoms with van der Waals surface area (Å²) in [6.07, 6.45) is 3.85. The van der Waals surface area contributed by atoms with Gasteiger partial charge in [-0.05, 0) is 31.2 Å². The van der Waals surface area contributed by atoms with Crippen LogP contribution in [0.3, 0.4) is 0 Å². The molecule has 0 unspecified atom stereocenters. The molecule has 3 aromatic rings. The molecule has 0 radical (unpaired) electrons. The first-order valence-corrected chi connectivity index (χ1v) is 6.42. The summed E-state index contributed by atoms with van der Waals surface area (Å²) in [5.74, 6) is 0.841. The number of ether oxygens (including phenoxy) is 1. The van der Waals surface area contributed by atoms with Crippen LogP contribution in [0, 0.1) is 6.92 Å².